The van der Waals surface area contributed by atoms with E-state index in [0.717, 1.165) is 59.8 Å². The first-order valence-electron chi connectivity index (χ1n) is 10.7. The van der Waals surface area contributed by atoms with E-state index in [1.54, 1.807) is 12.1 Å². The highest BCUT2D eigenvalue weighted by Crippen LogP contribution is 2.35. The molecule has 6 nitrogen and oxygen atoms in total. The number of piperazine rings is 1. The Morgan fingerprint density at radius 3 is 2.65 bits per heavy atom. The molecule has 0 radical (unpaired) electrons. The maximum absolute atomic E-state index is 13.3. The van der Waals surface area contributed by atoms with E-state index in [4.69, 9.17) is 9.84 Å². The monoisotopic (exact) mass is 484 g/mol. The molecule has 7 heteroatoms. The summed E-state index contributed by atoms with van der Waals surface area (Å²) in [6.07, 6.45) is 1.16. The normalized spacial score (nSPS) is 20.0. The molecule has 0 aliphatic carbocycles. The molecule has 2 aromatic carbocycles. The number of hydrogen-bond donors (Lipinski definition) is 0. The Labute approximate surface area is 192 Å². The van der Waals surface area contributed by atoms with Crippen LogP contribution in [0.5, 0.6) is 5.75 Å². The van der Waals surface area contributed by atoms with E-state index < -0.39 is 0 Å². The predicted molar refractivity (Wildman–Crippen MR) is 126 cm³/mol. The summed E-state index contributed by atoms with van der Waals surface area (Å²) in [5, 5.41) is 6.50. The van der Waals surface area contributed by atoms with Gasteiger partial charge in [0.2, 0.25) is 5.91 Å². The lowest BCUT2D eigenvalue weighted by atomic mass is 9.98. The van der Waals surface area contributed by atoms with Crippen LogP contribution >= 0.6 is 15.9 Å². The fourth-order valence-electron chi connectivity index (χ4n) is 4.13. The molecule has 2 aromatic rings. The number of nitrogens with zero attached hydrogens (tertiary/aromatic N) is 4. The molecule has 1 saturated heterocycles. The zero-order valence-corrected chi connectivity index (χ0v) is 19.7. The van der Waals surface area contributed by atoms with Crippen molar-refractivity contribution < 1.29 is 9.53 Å². The number of carbonyl (C=O) groups excluding carboxylic acids is 1. The Morgan fingerprint density at radius 1 is 1.13 bits per heavy atom. The van der Waals surface area contributed by atoms with E-state index >= 15 is 0 Å². The largest absolute Gasteiger partial charge is 0.497 e. The molecule has 1 unspecified atom stereocenters. The van der Waals surface area contributed by atoms with E-state index in [1.807, 2.05) is 42.5 Å². The predicted octanol–water partition coefficient (Wildman–Crippen LogP) is 3.77. The van der Waals surface area contributed by atoms with Gasteiger partial charge in [-0.15, -0.1) is 0 Å². The Kier molecular flexibility index (Phi) is 7.05. The van der Waals surface area contributed by atoms with Crippen LogP contribution in [0.4, 0.5) is 0 Å². The van der Waals surface area contributed by atoms with Crippen molar-refractivity contribution in [1.29, 1.82) is 0 Å². The van der Waals surface area contributed by atoms with Crippen LogP contribution in [0, 0.1) is 0 Å². The van der Waals surface area contributed by atoms with Gasteiger partial charge in [0, 0.05) is 50.0 Å². The number of ether oxygens (including phenoxy) is 1. The molecular formula is C24H29BrN4O2. The third-order valence-corrected chi connectivity index (χ3v) is 6.53. The maximum Gasteiger partial charge on any atom is 0.244 e. The average molecular weight is 485 g/mol. The summed E-state index contributed by atoms with van der Waals surface area (Å²) in [6.45, 7) is 4.89. The smallest absolute Gasteiger partial charge is 0.244 e. The van der Waals surface area contributed by atoms with Crippen molar-refractivity contribution in [3.05, 3.63) is 64.1 Å². The van der Waals surface area contributed by atoms with E-state index in [1.165, 1.54) is 0 Å². The number of halogens is 1. The Bertz CT molecular complexity index is 956. The maximum atomic E-state index is 13.3. The first-order valence-corrected chi connectivity index (χ1v) is 11.5. The van der Waals surface area contributed by atoms with Gasteiger partial charge in [-0.1, -0.05) is 40.2 Å². The van der Waals surface area contributed by atoms with Gasteiger partial charge in [0.05, 0.1) is 18.9 Å². The summed E-state index contributed by atoms with van der Waals surface area (Å²) >= 11 is 3.54. The molecule has 1 amide bonds. The second-order valence-electron chi connectivity index (χ2n) is 8.19. The fraction of sp³-hybridized carbons (Fsp3) is 0.417. The van der Waals surface area contributed by atoms with Crippen LogP contribution in [-0.2, 0) is 4.79 Å². The highest BCUT2D eigenvalue weighted by Gasteiger charge is 2.33. The molecule has 164 valence electrons. The molecule has 2 aliphatic heterocycles. The summed E-state index contributed by atoms with van der Waals surface area (Å²) in [5.74, 6) is 0.856. The molecule has 0 aromatic heterocycles. The molecular weight excluding hydrogens is 456 g/mol. The molecule has 0 saturated carbocycles. The number of methoxy groups -OCH3 is 1. The minimum Gasteiger partial charge on any atom is -0.497 e. The van der Waals surface area contributed by atoms with Gasteiger partial charge in [-0.3, -0.25) is 4.79 Å². The van der Waals surface area contributed by atoms with Crippen molar-refractivity contribution in [2.75, 3.05) is 46.9 Å². The molecule has 1 atom stereocenters. The van der Waals surface area contributed by atoms with Crippen molar-refractivity contribution >= 4 is 27.5 Å². The van der Waals surface area contributed by atoms with Gasteiger partial charge in [-0.2, -0.15) is 5.10 Å². The molecule has 31 heavy (non-hydrogen) atoms. The zero-order valence-electron chi connectivity index (χ0n) is 18.1. The number of benzene rings is 2. The minimum atomic E-state index is -0.121. The topological polar surface area (TPSA) is 48.4 Å². The summed E-state index contributed by atoms with van der Waals surface area (Å²) in [6, 6.07) is 15.9. The van der Waals surface area contributed by atoms with Crippen molar-refractivity contribution in [3.8, 4) is 5.75 Å². The first-order chi connectivity index (χ1) is 15.0. The van der Waals surface area contributed by atoms with Crippen molar-refractivity contribution in [2.45, 2.75) is 18.9 Å². The van der Waals surface area contributed by atoms with Crippen LogP contribution in [-0.4, -0.2) is 73.3 Å². The second kappa shape index (κ2) is 9.94. The Hall–Kier alpha value is -2.22. The zero-order chi connectivity index (χ0) is 21.8. The average Bonchev–Trinajstić information content (AvgIpc) is 3.24. The highest BCUT2D eigenvalue weighted by atomic mass is 79.9. The molecule has 1 fully saturated rings. The molecule has 0 spiro atoms. The third kappa shape index (κ3) is 5.34. The van der Waals surface area contributed by atoms with Gasteiger partial charge < -0.3 is 14.5 Å². The number of hydrogen-bond acceptors (Lipinski definition) is 5. The number of amides is 1. The fourth-order valence-corrected chi connectivity index (χ4v) is 4.53. The number of hydrazone groups is 1. The van der Waals surface area contributed by atoms with Gasteiger partial charge in [0.25, 0.3) is 0 Å². The van der Waals surface area contributed by atoms with E-state index in [0.29, 0.717) is 12.8 Å². The van der Waals surface area contributed by atoms with Crippen LogP contribution in [0.15, 0.2) is 58.1 Å². The van der Waals surface area contributed by atoms with E-state index in [9.17, 15) is 4.79 Å². The molecule has 2 heterocycles. The van der Waals surface area contributed by atoms with Crippen LogP contribution in [0.3, 0.4) is 0 Å². The Morgan fingerprint density at radius 2 is 1.90 bits per heavy atom. The van der Waals surface area contributed by atoms with Gasteiger partial charge in [-0.05, 0) is 42.4 Å². The SMILES string of the molecule is COc1cccc(C2CC(c3cccc(Br)c3)=NN2C(=O)CCN2CCN(C)CC2)c1. The second-order valence-corrected chi connectivity index (χ2v) is 9.10. The molecule has 0 N–H and O–H groups in total. The number of likely N-dealkylation sites (N-methyl/N-ethyl adjacent to an activating group) is 1. The van der Waals surface area contributed by atoms with Crippen LogP contribution in [0.25, 0.3) is 0 Å². The first kappa shape index (κ1) is 22.0. The van der Waals surface area contributed by atoms with Crippen molar-refractivity contribution in [2.24, 2.45) is 5.10 Å². The standard InChI is InChI=1S/C24H29BrN4O2/c1-27-11-13-28(14-12-27)10-9-24(30)29-23(19-6-4-8-21(16-19)31-2)17-22(26-29)18-5-3-7-20(25)15-18/h3-8,15-16,23H,9-14,17H2,1-2H3. The summed E-state index contributed by atoms with van der Waals surface area (Å²) in [4.78, 5) is 18.0. The van der Waals surface area contributed by atoms with Gasteiger partial charge in [0.15, 0.2) is 0 Å². The number of carbonyl (C=O) groups is 1. The lowest BCUT2D eigenvalue weighted by Gasteiger charge is -2.32. The summed E-state index contributed by atoms with van der Waals surface area (Å²) in [7, 11) is 3.81. The highest BCUT2D eigenvalue weighted by molar-refractivity contribution is 9.10. The van der Waals surface area contributed by atoms with Crippen molar-refractivity contribution in [1.82, 2.24) is 14.8 Å². The van der Waals surface area contributed by atoms with Gasteiger partial charge in [0.1, 0.15) is 5.75 Å². The van der Waals surface area contributed by atoms with Gasteiger partial charge in [-0.25, -0.2) is 5.01 Å². The summed E-state index contributed by atoms with van der Waals surface area (Å²) in [5.41, 5.74) is 3.01. The van der Waals surface area contributed by atoms with E-state index in [2.05, 4.69) is 38.8 Å². The van der Waals surface area contributed by atoms with Crippen LogP contribution in [0.2, 0.25) is 0 Å². The lowest BCUT2D eigenvalue weighted by Crippen LogP contribution is -2.45. The molecule has 0 bridgehead atoms. The van der Waals surface area contributed by atoms with Gasteiger partial charge >= 0.3 is 0 Å². The summed E-state index contributed by atoms with van der Waals surface area (Å²) < 4.78 is 6.42. The quantitative estimate of drug-likeness (QED) is 0.625. The minimum absolute atomic E-state index is 0.0664. The van der Waals surface area contributed by atoms with Crippen molar-refractivity contribution in [3.63, 3.8) is 0 Å². The van der Waals surface area contributed by atoms with Crippen LogP contribution in [0.1, 0.15) is 30.0 Å². The van der Waals surface area contributed by atoms with Crippen LogP contribution < -0.4 is 4.74 Å². The van der Waals surface area contributed by atoms with E-state index in [-0.39, 0.29) is 11.9 Å². The third-order valence-electron chi connectivity index (χ3n) is 6.04. The lowest BCUT2D eigenvalue weighted by molar-refractivity contribution is -0.133. The molecule has 2 aliphatic rings. The Balaban J connectivity index is 1.54. The molecule has 4 rings (SSSR count). The number of rotatable bonds is 6.